The summed E-state index contributed by atoms with van der Waals surface area (Å²) in [4.78, 5) is 11.8. The number of ether oxygens (including phenoxy) is 1. The molecule has 0 heterocycles. The third-order valence-corrected chi connectivity index (χ3v) is 3.95. The van der Waals surface area contributed by atoms with Gasteiger partial charge in [-0.2, -0.15) is 0 Å². The molecule has 5 heteroatoms. The van der Waals surface area contributed by atoms with Crippen molar-refractivity contribution in [2.45, 2.75) is 42.5 Å². The van der Waals surface area contributed by atoms with E-state index in [0.29, 0.717) is 0 Å². The van der Waals surface area contributed by atoms with Crippen LogP contribution in [-0.4, -0.2) is 45.2 Å². The molecule has 0 spiro atoms. The summed E-state index contributed by atoms with van der Waals surface area (Å²) in [6, 6.07) is 0. The fraction of sp³-hybridized carbons (Fsp3) is 0.471. The van der Waals surface area contributed by atoms with E-state index in [4.69, 9.17) is 19.3 Å². The van der Waals surface area contributed by atoms with Crippen molar-refractivity contribution in [1.29, 1.82) is 0 Å². The van der Waals surface area contributed by atoms with Gasteiger partial charge in [0.05, 0.1) is 7.11 Å². The first kappa shape index (κ1) is 17.8. The second-order valence-electron chi connectivity index (χ2n) is 5.30. The van der Waals surface area contributed by atoms with Crippen LogP contribution in [0, 0.1) is 37.0 Å². The van der Waals surface area contributed by atoms with Gasteiger partial charge in [-0.15, -0.1) is 37.0 Å². The zero-order valence-corrected chi connectivity index (χ0v) is 12.3. The van der Waals surface area contributed by atoms with Crippen molar-refractivity contribution in [1.82, 2.24) is 0 Å². The first-order valence-electron chi connectivity index (χ1n) is 6.51. The second-order valence-corrected chi connectivity index (χ2v) is 5.30. The smallest absolute Gasteiger partial charge is 0.333 e. The van der Waals surface area contributed by atoms with Crippen molar-refractivity contribution in [3.63, 3.8) is 0 Å². The molecule has 3 N–H and O–H groups in total. The predicted octanol–water partition coefficient (Wildman–Crippen LogP) is -0.247. The monoisotopic (exact) mass is 302 g/mol. The molecular formula is C17H18O5. The summed E-state index contributed by atoms with van der Waals surface area (Å²) in [5.74, 6) is 5.89. The van der Waals surface area contributed by atoms with Crippen molar-refractivity contribution in [2.24, 2.45) is 0 Å². The van der Waals surface area contributed by atoms with Gasteiger partial charge in [0.25, 0.3) is 0 Å². The van der Waals surface area contributed by atoms with Crippen LogP contribution in [0.4, 0.5) is 0 Å². The maximum Gasteiger partial charge on any atom is 0.333 e. The molecule has 3 unspecified atom stereocenters. The molecule has 0 saturated heterocycles. The topological polar surface area (TPSA) is 87.0 Å². The Morgan fingerprint density at radius 1 is 1.18 bits per heavy atom. The summed E-state index contributed by atoms with van der Waals surface area (Å²) in [7, 11) is 1.16. The minimum atomic E-state index is -2.19. The molecule has 22 heavy (non-hydrogen) atoms. The Morgan fingerprint density at radius 3 is 2.18 bits per heavy atom. The van der Waals surface area contributed by atoms with E-state index in [1.807, 2.05) is 0 Å². The minimum absolute atomic E-state index is 0.0281. The molecule has 1 aliphatic carbocycles. The van der Waals surface area contributed by atoms with Crippen LogP contribution in [0.3, 0.4) is 0 Å². The van der Waals surface area contributed by atoms with Gasteiger partial charge in [0.2, 0.25) is 0 Å². The van der Waals surface area contributed by atoms with Crippen LogP contribution in [0.25, 0.3) is 0 Å². The van der Waals surface area contributed by atoms with Crippen molar-refractivity contribution in [2.75, 3.05) is 7.11 Å². The van der Waals surface area contributed by atoms with Crippen LogP contribution in [0.1, 0.15) is 25.7 Å². The SMILES string of the molecule is C#CCC1(O)C=C(C(=O)OC)CC(O)(CC#C)C1(O)CC#C. The van der Waals surface area contributed by atoms with Crippen LogP contribution in [0.15, 0.2) is 11.6 Å². The lowest BCUT2D eigenvalue weighted by molar-refractivity contribution is -0.231. The largest absolute Gasteiger partial charge is 0.466 e. The summed E-state index contributed by atoms with van der Waals surface area (Å²) < 4.78 is 4.61. The summed E-state index contributed by atoms with van der Waals surface area (Å²) in [6.07, 6.45) is 15.4. The molecule has 1 aliphatic rings. The van der Waals surface area contributed by atoms with E-state index in [2.05, 4.69) is 22.5 Å². The predicted molar refractivity (Wildman–Crippen MR) is 79.9 cm³/mol. The van der Waals surface area contributed by atoms with Gasteiger partial charge in [0.15, 0.2) is 0 Å². The Bertz CT molecular complexity index is 614. The number of hydrogen-bond donors (Lipinski definition) is 3. The molecule has 0 aromatic rings. The van der Waals surface area contributed by atoms with Gasteiger partial charge < -0.3 is 20.1 Å². The van der Waals surface area contributed by atoms with Crippen molar-refractivity contribution >= 4 is 5.97 Å². The number of hydrogen-bond acceptors (Lipinski definition) is 5. The first-order valence-corrected chi connectivity index (χ1v) is 6.51. The molecule has 0 radical (unpaired) electrons. The van der Waals surface area contributed by atoms with E-state index in [-0.39, 0.29) is 24.8 Å². The lowest BCUT2D eigenvalue weighted by atomic mass is 9.60. The molecule has 0 saturated carbocycles. The van der Waals surface area contributed by atoms with Gasteiger partial charge in [0.1, 0.15) is 16.8 Å². The maximum atomic E-state index is 11.8. The summed E-state index contributed by atoms with van der Waals surface area (Å²) in [6.45, 7) is 0. The highest BCUT2D eigenvalue weighted by Crippen LogP contribution is 2.48. The average molecular weight is 302 g/mol. The number of methoxy groups -OCH3 is 1. The number of rotatable bonds is 4. The Hall–Kier alpha value is -2.23. The van der Waals surface area contributed by atoms with Gasteiger partial charge >= 0.3 is 5.97 Å². The number of carbonyl (C=O) groups excluding carboxylic acids is 1. The lowest BCUT2D eigenvalue weighted by Crippen LogP contribution is -2.69. The maximum absolute atomic E-state index is 11.8. The molecule has 0 fully saturated rings. The molecule has 0 aromatic carbocycles. The lowest BCUT2D eigenvalue weighted by Gasteiger charge is -2.52. The van der Waals surface area contributed by atoms with Crippen molar-refractivity contribution < 1.29 is 24.9 Å². The molecule has 0 bridgehead atoms. The molecule has 0 amide bonds. The average Bonchev–Trinajstić information content (AvgIpc) is 2.45. The van der Waals surface area contributed by atoms with E-state index < -0.39 is 29.2 Å². The molecule has 3 atom stereocenters. The quantitative estimate of drug-likeness (QED) is 0.492. The van der Waals surface area contributed by atoms with Crippen LogP contribution < -0.4 is 0 Å². The Labute approximate surface area is 130 Å². The van der Waals surface area contributed by atoms with E-state index in [1.54, 1.807) is 0 Å². The first-order chi connectivity index (χ1) is 10.2. The van der Waals surface area contributed by atoms with Crippen LogP contribution in [0.5, 0.6) is 0 Å². The van der Waals surface area contributed by atoms with Gasteiger partial charge in [0, 0.05) is 31.3 Å². The van der Waals surface area contributed by atoms with Crippen molar-refractivity contribution in [3.8, 4) is 37.0 Å². The second kappa shape index (κ2) is 6.26. The highest BCUT2D eigenvalue weighted by molar-refractivity contribution is 5.89. The fourth-order valence-corrected chi connectivity index (χ4v) is 2.78. The Balaban J connectivity index is 3.59. The van der Waals surface area contributed by atoms with Gasteiger partial charge in [-0.25, -0.2) is 4.79 Å². The summed E-state index contributed by atoms with van der Waals surface area (Å²) >= 11 is 0. The molecule has 5 nitrogen and oxygen atoms in total. The Kier molecular flexibility index (Phi) is 5.07. The molecule has 0 aliphatic heterocycles. The van der Waals surface area contributed by atoms with E-state index in [0.717, 1.165) is 13.2 Å². The zero-order chi connectivity index (χ0) is 17.0. The third-order valence-electron chi connectivity index (χ3n) is 3.95. The van der Waals surface area contributed by atoms with Gasteiger partial charge in [-0.3, -0.25) is 0 Å². The van der Waals surface area contributed by atoms with Crippen LogP contribution in [0.2, 0.25) is 0 Å². The van der Waals surface area contributed by atoms with Crippen molar-refractivity contribution in [3.05, 3.63) is 11.6 Å². The zero-order valence-electron chi connectivity index (χ0n) is 12.3. The highest BCUT2D eigenvalue weighted by Gasteiger charge is 2.63. The summed E-state index contributed by atoms with van der Waals surface area (Å²) in [5.41, 5.74) is -6.34. The molecule has 0 aromatic heterocycles. The van der Waals surface area contributed by atoms with E-state index in [9.17, 15) is 20.1 Å². The molecule has 116 valence electrons. The number of carbonyl (C=O) groups is 1. The summed E-state index contributed by atoms with van der Waals surface area (Å²) in [5, 5.41) is 32.5. The highest BCUT2D eigenvalue weighted by atomic mass is 16.5. The van der Waals surface area contributed by atoms with E-state index >= 15 is 0 Å². The number of aliphatic hydroxyl groups is 3. The fourth-order valence-electron chi connectivity index (χ4n) is 2.78. The third kappa shape index (κ3) is 2.61. The van der Waals surface area contributed by atoms with E-state index in [1.165, 1.54) is 0 Å². The minimum Gasteiger partial charge on any atom is -0.466 e. The molecule has 1 rings (SSSR count). The Morgan fingerprint density at radius 2 is 1.73 bits per heavy atom. The standard InChI is InChI=1S/C17H18O5/c1-5-8-15(19)11-13(14(18)22-4)12-16(20,9-6-2)17(15,21)10-7-3/h1-3,11,19-21H,8-10,12H2,4H3. The molecular weight excluding hydrogens is 284 g/mol. The van der Waals surface area contributed by atoms with Gasteiger partial charge in [-0.1, -0.05) is 0 Å². The van der Waals surface area contributed by atoms with Crippen LogP contribution >= 0.6 is 0 Å². The number of esters is 1. The normalized spacial score (nSPS) is 33.8. The number of terminal acetylenes is 3. The van der Waals surface area contributed by atoms with Crippen LogP contribution in [-0.2, 0) is 9.53 Å². The van der Waals surface area contributed by atoms with Gasteiger partial charge in [-0.05, 0) is 6.08 Å².